The van der Waals surface area contributed by atoms with Crippen LogP contribution in [0.2, 0.25) is 0 Å². The number of rotatable bonds is 8. The molecule has 1 atom stereocenters. The van der Waals surface area contributed by atoms with E-state index in [-0.39, 0.29) is 19.3 Å². The molecule has 0 aliphatic heterocycles. The molecule has 0 saturated carbocycles. The van der Waals surface area contributed by atoms with Crippen molar-refractivity contribution in [2.45, 2.75) is 24.8 Å². The van der Waals surface area contributed by atoms with Crippen molar-refractivity contribution < 1.29 is 18.8 Å². The van der Waals surface area contributed by atoms with Crippen LogP contribution in [0.5, 0.6) is 0 Å². The first kappa shape index (κ1) is 27.4. The molecule has 37 heavy (non-hydrogen) atoms. The number of amides is 1. The molecule has 0 fully saturated rings. The summed E-state index contributed by atoms with van der Waals surface area (Å²) in [6.07, 6.45) is 0.729. The van der Waals surface area contributed by atoms with E-state index in [2.05, 4.69) is 41.5 Å². The van der Waals surface area contributed by atoms with Crippen molar-refractivity contribution in [3.63, 3.8) is 0 Å². The topological polar surface area (TPSA) is 129 Å². The number of carbonyl (C=O) groups is 1. The summed E-state index contributed by atoms with van der Waals surface area (Å²) in [4.78, 5) is 22.7. The monoisotopic (exact) mass is 521 g/mol. The highest BCUT2D eigenvalue weighted by Gasteiger charge is 2.09. The lowest BCUT2D eigenvalue weighted by molar-refractivity contribution is 0.164. The summed E-state index contributed by atoms with van der Waals surface area (Å²) >= 11 is 0. The molecule has 1 aromatic heterocycles. The largest absolute Gasteiger partial charge is 0.450 e. The highest BCUT2D eigenvalue weighted by molar-refractivity contribution is 7.75. The van der Waals surface area contributed by atoms with Gasteiger partial charge >= 0.3 is 6.09 Å². The standard InChI is InChI=1S/C26H29N6O4S/c1-5-36-26(34)31-37(35)23-14-10-21(11-15-23)29-25-27-16-20(24(30-25)28-18(2)17-33)9-6-19-7-12-22(13-8-19)32(3)4/h7-8,10-16,18,33H,5,17H2,1-4H3,(H2,27,28,29,30)/q-1. The molecule has 0 bridgehead atoms. The van der Waals surface area contributed by atoms with Gasteiger partial charge in [-0.3, -0.25) is 4.36 Å². The number of carbonyl (C=O) groups excluding carboxylic acids is 1. The Balaban J connectivity index is 1.81. The SMILES string of the molecule is CCOC(=O)N=[S-](=O)c1ccc(Nc2ncc(C#Cc3ccc(N(C)C)cc3)c(NC(C)CO)n2)cc1. The Labute approximate surface area is 218 Å². The van der Waals surface area contributed by atoms with Crippen molar-refractivity contribution in [2.24, 2.45) is 4.36 Å². The van der Waals surface area contributed by atoms with Gasteiger partial charge in [-0.2, -0.15) is 4.98 Å². The number of hydrogen-bond donors (Lipinski definition) is 3. The van der Waals surface area contributed by atoms with Gasteiger partial charge in [0.2, 0.25) is 5.95 Å². The minimum Gasteiger partial charge on any atom is -0.450 e. The van der Waals surface area contributed by atoms with Gasteiger partial charge in [-0.1, -0.05) is 28.9 Å². The van der Waals surface area contributed by atoms with Crippen LogP contribution in [-0.4, -0.2) is 54.5 Å². The lowest BCUT2D eigenvalue weighted by Gasteiger charge is -2.14. The number of nitrogens with zero attached hydrogens (tertiary/aromatic N) is 4. The third-order valence-corrected chi connectivity index (χ3v) is 5.90. The molecule has 11 heteroatoms. The van der Waals surface area contributed by atoms with Crippen LogP contribution in [0.15, 0.2) is 64.0 Å². The van der Waals surface area contributed by atoms with Gasteiger partial charge in [0.25, 0.3) is 0 Å². The average Bonchev–Trinajstić information content (AvgIpc) is 2.89. The number of aliphatic hydroxyl groups is 1. The molecule has 2 aromatic carbocycles. The Morgan fingerprint density at radius 3 is 2.49 bits per heavy atom. The number of anilines is 4. The van der Waals surface area contributed by atoms with Crippen molar-refractivity contribution in [3.05, 3.63) is 65.9 Å². The molecule has 3 aromatic rings. The fraction of sp³-hybridized carbons (Fsp3) is 0.269. The normalized spacial score (nSPS) is 12.1. The van der Waals surface area contributed by atoms with Crippen LogP contribution >= 0.6 is 0 Å². The van der Waals surface area contributed by atoms with E-state index in [1.54, 1.807) is 37.4 Å². The van der Waals surface area contributed by atoms with E-state index < -0.39 is 16.7 Å². The predicted molar refractivity (Wildman–Crippen MR) is 144 cm³/mol. The number of aromatic nitrogens is 2. The van der Waals surface area contributed by atoms with Crippen LogP contribution in [0, 0.1) is 11.8 Å². The minimum absolute atomic E-state index is 0.0823. The maximum Gasteiger partial charge on any atom is 0.410 e. The van der Waals surface area contributed by atoms with Gasteiger partial charge in [-0.05, 0) is 50.2 Å². The number of aliphatic hydroxyl groups excluding tert-OH is 1. The molecule has 0 radical (unpaired) electrons. The van der Waals surface area contributed by atoms with Crippen LogP contribution in [0.4, 0.5) is 27.9 Å². The Hall–Kier alpha value is -4.14. The molecule has 0 aliphatic carbocycles. The molecule has 0 saturated heterocycles. The molecule has 1 unspecified atom stereocenters. The van der Waals surface area contributed by atoms with Gasteiger partial charge < -0.3 is 29.6 Å². The Kier molecular flexibility index (Phi) is 9.83. The van der Waals surface area contributed by atoms with Gasteiger partial charge in [-0.25, -0.2) is 9.78 Å². The van der Waals surface area contributed by atoms with Gasteiger partial charge in [-0.15, -0.1) is 10.6 Å². The first-order valence-corrected chi connectivity index (χ1v) is 12.6. The number of benzene rings is 2. The molecule has 3 rings (SSSR count). The summed E-state index contributed by atoms with van der Waals surface area (Å²) in [5, 5.41) is 15.7. The van der Waals surface area contributed by atoms with Gasteiger partial charge in [0.15, 0.2) is 0 Å². The van der Waals surface area contributed by atoms with E-state index in [0.29, 0.717) is 27.9 Å². The molecule has 3 N–H and O–H groups in total. The summed E-state index contributed by atoms with van der Waals surface area (Å²) in [6, 6.07) is 14.1. The molecular weight excluding hydrogens is 492 g/mol. The second-order valence-electron chi connectivity index (χ2n) is 8.06. The first-order valence-electron chi connectivity index (χ1n) is 11.5. The van der Waals surface area contributed by atoms with Crippen LogP contribution in [-0.2, 0) is 19.5 Å². The van der Waals surface area contributed by atoms with Crippen molar-refractivity contribution in [2.75, 3.05) is 42.8 Å². The summed E-state index contributed by atoms with van der Waals surface area (Å²) in [5.74, 6) is 7.00. The van der Waals surface area contributed by atoms with Gasteiger partial charge in [0, 0.05) is 37.1 Å². The predicted octanol–water partition coefficient (Wildman–Crippen LogP) is 4.14. The smallest absolute Gasteiger partial charge is 0.410 e. The lowest BCUT2D eigenvalue weighted by atomic mass is 10.2. The van der Waals surface area contributed by atoms with E-state index in [0.717, 1.165) is 11.3 Å². The number of nitrogens with one attached hydrogen (secondary N) is 2. The molecule has 1 heterocycles. The summed E-state index contributed by atoms with van der Waals surface area (Å²) in [6.45, 7) is 3.55. The van der Waals surface area contributed by atoms with Crippen LogP contribution in [0.1, 0.15) is 25.0 Å². The number of hydrogen-bond acceptors (Lipinski definition) is 10. The van der Waals surface area contributed by atoms with Crippen LogP contribution in [0.25, 0.3) is 0 Å². The molecule has 194 valence electrons. The van der Waals surface area contributed by atoms with Gasteiger partial charge in [0.05, 0.1) is 25.0 Å². The Bertz CT molecular complexity index is 1360. The van der Waals surface area contributed by atoms with Crippen molar-refractivity contribution >= 4 is 39.8 Å². The van der Waals surface area contributed by atoms with Crippen LogP contribution in [0.3, 0.4) is 0 Å². The molecule has 10 nitrogen and oxygen atoms in total. The van der Waals surface area contributed by atoms with E-state index in [9.17, 15) is 14.1 Å². The summed E-state index contributed by atoms with van der Waals surface area (Å²) in [7, 11) is 2.09. The second kappa shape index (κ2) is 13.2. The molecule has 1 amide bonds. The van der Waals surface area contributed by atoms with Crippen molar-refractivity contribution in [1.29, 1.82) is 0 Å². The lowest BCUT2D eigenvalue weighted by Crippen LogP contribution is -2.21. The second-order valence-corrected chi connectivity index (χ2v) is 9.22. The Morgan fingerprint density at radius 1 is 1.16 bits per heavy atom. The van der Waals surface area contributed by atoms with Crippen LogP contribution < -0.4 is 15.5 Å². The highest BCUT2D eigenvalue weighted by atomic mass is 32.2. The van der Waals surface area contributed by atoms with Crippen molar-refractivity contribution in [3.8, 4) is 11.8 Å². The average molecular weight is 522 g/mol. The summed E-state index contributed by atoms with van der Waals surface area (Å²) < 4.78 is 20.3. The maximum atomic E-state index is 12.2. The van der Waals surface area contributed by atoms with E-state index in [1.165, 1.54) is 0 Å². The van der Waals surface area contributed by atoms with E-state index in [1.807, 2.05) is 50.2 Å². The fourth-order valence-corrected chi connectivity index (χ4v) is 3.62. The zero-order chi connectivity index (χ0) is 26.8. The third-order valence-electron chi connectivity index (χ3n) is 4.91. The minimum atomic E-state index is -1.87. The quantitative estimate of drug-likeness (QED) is 0.296. The third kappa shape index (κ3) is 8.20. The molecule has 0 aliphatic rings. The fourth-order valence-electron chi connectivity index (χ4n) is 2.96. The number of ether oxygens (including phenoxy) is 1. The molecule has 0 spiro atoms. The summed E-state index contributed by atoms with van der Waals surface area (Å²) in [5.41, 5.74) is 3.14. The zero-order valence-electron chi connectivity index (χ0n) is 21.1. The molecular formula is C26H29N6O4S-. The van der Waals surface area contributed by atoms with Gasteiger partial charge in [0.1, 0.15) is 5.82 Å². The first-order chi connectivity index (χ1) is 17.8. The highest BCUT2D eigenvalue weighted by Crippen LogP contribution is 2.19. The van der Waals surface area contributed by atoms with Crippen molar-refractivity contribution in [1.82, 2.24) is 9.97 Å². The van der Waals surface area contributed by atoms with E-state index in [4.69, 9.17) is 0 Å². The van der Waals surface area contributed by atoms with E-state index >= 15 is 0 Å². The Morgan fingerprint density at radius 2 is 1.86 bits per heavy atom. The zero-order valence-corrected chi connectivity index (χ0v) is 21.9. The maximum absolute atomic E-state index is 12.2.